The second-order valence-electron chi connectivity index (χ2n) is 5.30. The quantitative estimate of drug-likeness (QED) is 0.784. The highest BCUT2D eigenvalue weighted by Crippen LogP contribution is 2.32. The Labute approximate surface area is 123 Å². The molecule has 0 radical (unpaired) electrons. The first-order valence-corrected chi connectivity index (χ1v) is 7.97. The van der Waals surface area contributed by atoms with E-state index in [-0.39, 0.29) is 34.9 Å². The minimum atomic E-state index is -3.82. The molecule has 6 nitrogen and oxygen atoms in total. The third kappa shape index (κ3) is 3.12. The lowest BCUT2D eigenvalue weighted by molar-refractivity contribution is 0.0367. The number of nitrogen functional groups attached to an aromatic ring is 1. The first-order chi connectivity index (χ1) is 9.75. The van der Waals surface area contributed by atoms with Crippen LogP contribution in [0, 0.1) is 11.7 Å². The molecule has 0 aliphatic heterocycles. The zero-order chi connectivity index (χ0) is 15.8. The van der Waals surface area contributed by atoms with Crippen LogP contribution >= 0.6 is 0 Å². The fourth-order valence-electron chi connectivity index (χ4n) is 2.44. The summed E-state index contributed by atoms with van der Waals surface area (Å²) in [5.41, 5.74) is 5.54. The molecule has 0 aromatic heterocycles. The van der Waals surface area contributed by atoms with Crippen LogP contribution in [-0.2, 0) is 10.0 Å². The van der Waals surface area contributed by atoms with E-state index in [4.69, 9.17) is 10.5 Å². The Bertz CT molecular complexity index is 606. The molecule has 0 heterocycles. The van der Waals surface area contributed by atoms with Gasteiger partial charge in [-0.2, -0.15) is 0 Å². The number of aliphatic hydroxyl groups excluding tert-OH is 1. The van der Waals surface area contributed by atoms with E-state index in [1.165, 1.54) is 20.2 Å². The number of nitrogens with two attached hydrogens (primary N) is 1. The smallest absolute Gasteiger partial charge is 0.243 e. The van der Waals surface area contributed by atoms with Crippen LogP contribution in [0.3, 0.4) is 0 Å². The van der Waals surface area contributed by atoms with E-state index < -0.39 is 15.8 Å². The number of rotatable bonds is 5. The fourth-order valence-corrected chi connectivity index (χ4v) is 3.74. The number of methoxy groups -OCH3 is 1. The summed E-state index contributed by atoms with van der Waals surface area (Å²) in [5, 5.41) is 9.23. The van der Waals surface area contributed by atoms with Crippen molar-refractivity contribution in [2.45, 2.75) is 23.8 Å². The van der Waals surface area contributed by atoms with E-state index >= 15 is 0 Å². The second kappa shape index (κ2) is 5.78. The molecule has 1 fully saturated rings. The number of hydrogen-bond acceptors (Lipinski definition) is 5. The number of ether oxygens (including phenoxy) is 1. The summed E-state index contributed by atoms with van der Waals surface area (Å²) in [4.78, 5) is -0.208. The number of halogens is 1. The van der Waals surface area contributed by atoms with Gasteiger partial charge in [0, 0.05) is 13.6 Å². The molecule has 1 saturated carbocycles. The molecule has 2 rings (SSSR count). The van der Waals surface area contributed by atoms with Crippen LogP contribution in [0.4, 0.5) is 10.1 Å². The number of anilines is 1. The molecule has 1 aromatic carbocycles. The highest BCUT2D eigenvalue weighted by Gasteiger charge is 2.32. The largest absolute Gasteiger partial charge is 0.492 e. The maximum Gasteiger partial charge on any atom is 0.243 e. The SMILES string of the molecule is COc1c(N)cc(S(=O)(=O)N(C)CC2CC(O)C2)cc1F. The minimum Gasteiger partial charge on any atom is -0.492 e. The molecule has 0 atom stereocenters. The van der Waals surface area contributed by atoms with Crippen molar-refractivity contribution in [1.29, 1.82) is 0 Å². The average molecular weight is 318 g/mol. The molecule has 1 aliphatic rings. The summed E-state index contributed by atoms with van der Waals surface area (Å²) in [6.45, 7) is 0.285. The van der Waals surface area contributed by atoms with E-state index in [1.54, 1.807) is 0 Å². The van der Waals surface area contributed by atoms with Gasteiger partial charge in [0.15, 0.2) is 11.6 Å². The summed E-state index contributed by atoms with van der Waals surface area (Å²) in [7, 11) is -1.13. The van der Waals surface area contributed by atoms with Gasteiger partial charge in [-0.1, -0.05) is 0 Å². The molecule has 3 N–H and O–H groups in total. The van der Waals surface area contributed by atoms with Crippen molar-refractivity contribution in [2.24, 2.45) is 5.92 Å². The molecule has 21 heavy (non-hydrogen) atoms. The predicted octanol–water partition coefficient (Wildman–Crippen LogP) is 0.808. The van der Waals surface area contributed by atoms with E-state index in [9.17, 15) is 17.9 Å². The Morgan fingerprint density at radius 2 is 2.10 bits per heavy atom. The highest BCUT2D eigenvalue weighted by atomic mass is 32.2. The van der Waals surface area contributed by atoms with Gasteiger partial charge in [-0.25, -0.2) is 17.1 Å². The van der Waals surface area contributed by atoms with Gasteiger partial charge in [0.2, 0.25) is 10.0 Å². The summed E-state index contributed by atoms with van der Waals surface area (Å²) in [6, 6.07) is 2.08. The molecule has 0 bridgehead atoms. The molecule has 1 aromatic rings. The molecule has 8 heteroatoms. The van der Waals surface area contributed by atoms with Crippen LogP contribution in [0.1, 0.15) is 12.8 Å². The predicted molar refractivity (Wildman–Crippen MR) is 75.9 cm³/mol. The summed E-state index contributed by atoms with van der Waals surface area (Å²) in [5.74, 6) is -0.859. The van der Waals surface area contributed by atoms with Crippen LogP contribution in [0.25, 0.3) is 0 Å². The highest BCUT2D eigenvalue weighted by molar-refractivity contribution is 7.89. The van der Waals surface area contributed by atoms with Crippen LogP contribution in [0.15, 0.2) is 17.0 Å². The average Bonchev–Trinajstić information content (AvgIpc) is 2.36. The number of benzene rings is 1. The lowest BCUT2D eigenvalue weighted by Gasteiger charge is -2.34. The first-order valence-electron chi connectivity index (χ1n) is 6.53. The molecule has 0 spiro atoms. The Balaban J connectivity index is 2.22. The van der Waals surface area contributed by atoms with Crippen molar-refractivity contribution in [3.8, 4) is 5.75 Å². The summed E-state index contributed by atoms with van der Waals surface area (Å²) >= 11 is 0. The normalized spacial score (nSPS) is 22.1. The zero-order valence-electron chi connectivity index (χ0n) is 11.9. The van der Waals surface area contributed by atoms with Crippen LogP contribution in [-0.4, -0.2) is 44.6 Å². The molecular formula is C13H19FN2O4S. The van der Waals surface area contributed by atoms with E-state index in [1.807, 2.05) is 0 Å². The standard InChI is InChI=1S/C13H19FN2O4S/c1-16(7-8-3-9(17)4-8)21(18,19)10-5-11(14)13(20-2)12(15)6-10/h5-6,8-9,17H,3-4,7,15H2,1-2H3. The lowest BCUT2D eigenvalue weighted by Crippen LogP contribution is -2.39. The van der Waals surface area contributed by atoms with Crippen molar-refractivity contribution in [3.63, 3.8) is 0 Å². The molecule has 118 valence electrons. The third-order valence-corrected chi connectivity index (χ3v) is 5.49. The first kappa shape index (κ1) is 16.0. The van der Waals surface area contributed by atoms with E-state index in [0.29, 0.717) is 12.8 Å². The van der Waals surface area contributed by atoms with Crippen LogP contribution in [0.5, 0.6) is 5.75 Å². The van der Waals surface area contributed by atoms with E-state index in [2.05, 4.69) is 0 Å². The zero-order valence-corrected chi connectivity index (χ0v) is 12.7. The van der Waals surface area contributed by atoms with Gasteiger partial charge in [-0.3, -0.25) is 0 Å². The van der Waals surface area contributed by atoms with Crippen LogP contribution < -0.4 is 10.5 Å². The molecule has 0 unspecified atom stereocenters. The Hall–Kier alpha value is -1.38. The van der Waals surface area contributed by atoms with Crippen molar-refractivity contribution in [3.05, 3.63) is 17.9 Å². The van der Waals surface area contributed by atoms with Gasteiger partial charge in [0.1, 0.15) is 0 Å². The van der Waals surface area contributed by atoms with Gasteiger partial charge in [0.25, 0.3) is 0 Å². The van der Waals surface area contributed by atoms with Crippen molar-refractivity contribution < 1.29 is 22.7 Å². The third-order valence-electron chi connectivity index (χ3n) is 3.68. The van der Waals surface area contributed by atoms with E-state index in [0.717, 1.165) is 10.4 Å². The number of aliphatic hydroxyl groups is 1. The second-order valence-corrected chi connectivity index (χ2v) is 7.35. The van der Waals surface area contributed by atoms with Gasteiger partial charge in [-0.05, 0) is 30.9 Å². The Kier molecular flexibility index (Phi) is 4.40. The number of hydrogen-bond donors (Lipinski definition) is 2. The van der Waals surface area contributed by atoms with Gasteiger partial charge in [-0.15, -0.1) is 0 Å². The molecule has 0 amide bonds. The maximum atomic E-state index is 13.8. The Morgan fingerprint density at radius 1 is 1.48 bits per heavy atom. The number of sulfonamides is 1. The minimum absolute atomic E-state index is 0.0662. The van der Waals surface area contributed by atoms with Crippen molar-refractivity contribution in [1.82, 2.24) is 4.31 Å². The van der Waals surface area contributed by atoms with Gasteiger partial charge < -0.3 is 15.6 Å². The lowest BCUT2D eigenvalue weighted by atomic mass is 9.82. The monoisotopic (exact) mass is 318 g/mol. The van der Waals surface area contributed by atoms with Gasteiger partial charge in [0.05, 0.1) is 23.8 Å². The molecule has 0 saturated heterocycles. The van der Waals surface area contributed by atoms with Gasteiger partial charge >= 0.3 is 0 Å². The molecular weight excluding hydrogens is 299 g/mol. The Morgan fingerprint density at radius 3 is 2.57 bits per heavy atom. The maximum absolute atomic E-state index is 13.8. The fraction of sp³-hybridized carbons (Fsp3) is 0.538. The summed E-state index contributed by atoms with van der Waals surface area (Å²) < 4.78 is 44.5. The van der Waals surface area contributed by atoms with Crippen LogP contribution in [0.2, 0.25) is 0 Å². The topological polar surface area (TPSA) is 92.9 Å². The molecule has 1 aliphatic carbocycles. The summed E-state index contributed by atoms with van der Waals surface area (Å²) in [6.07, 6.45) is 0.818. The van der Waals surface area contributed by atoms with Crippen molar-refractivity contribution in [2.75, 3.05) is 26.4 Å². The number of nitrogens with zero attached hydrogens (tertiary/aromatic N) is 1. The van der Waals surface area contributed by atoms with Crippen molar-refractivity contribution >= 4 is 15.7 Å².